The predicted molar refractivity (Wildman–Crippen MR) is 95.6 cm³/mol. The topological polar surface area (TPSA) is 74.6 Å². The van der Waals surface area contributed by atoms with Crippen molar-refractivity contribution in [2.24, 2.45) is 0 Å². The van der Waals surface area contributed by atoms with E-state index in [-0.39, 0.29) is 24.0 Å². The average Bonchev–Trinajstić information content (AvgIpc) is 3.27. The lowest BCUT2D eigenvalue weighted by Gasteiger charge is -2.28. The quantitative estimate of drug-likeness (QED) is 0.870. The number of hydrogen-bond donors (Lipinski definition) is 2. The molecule has 3 rings (SSSR count). The lowest BCUT2D eigenvalue weighted by atomic mass is 10.1. The van der Waals surface area contributed by atoms with Crippen LogP contribution >= 0.6 is 0 Å². The number of benzene rings is 1. The van der Waals surface area contributed by atoms with Gasteiger partial charge in [0.05, 0.1) is 12.3 Å². The maximum absolute atomic E-state index is 12.9. The maximum Gasteiger partial charge on any atom is 0.322 e. The van der Waals surface area contributed by atoms with Gasteiger partial charge in [-0.1, -0.05) is 6.07 Å². The van der Waals surface area contributed by atoms with Crippen LogP contribution in [0.1, 0.15) is 47.5 Å². The standard InChI is InChI=1S/C19H23N3O3/c1-12-15(18(23)20-3)6-4-7-16(12)21-19(24)22(14-9-10-14)13(2)17-8-5-11-25-17/h4-8,11,13-14H,9-10H2,1-3H3,(H,20,23)(H,21,24)/t13-/m1/s1. The number of anilines is 1. The van der Waals surface area contributed by atoms with E-state index in [4.69, 9.17) is 4.42 Å². The molecule has 0 saturated heterocycles. The van der Waals surface area contributed by atoms with E-state index < -0.39 is 0 Å². The fourth-order valence-corrected chi connectivity index (χ4v) is 3.01. The van der Waals surface area contributed by atoms with Crippen molar-refractivity contribution in [1.82, 2.24) is 10.2 Å². The molecular weight excluding hydrogens is 318 g/mol. The van der Waals surface area contributed by atoms with E-state index in [0.29, 0.717) is 11.3 Å². The van der Waals surface area contributed by atoms with Crippen LogP contribution in [0.15, 0.2) is 41.0 Å². The van der Waals surface area contributed by atoms with Gasteiger partial charge < -0.3 is 20.0 Å². The summed E-state index contributed by atoms with van der Waals surface area (Å²) in [5, 5.41) is 5.58. The molecule has 0 bridgehead atoms. The Bertz CT molecular complexity index is 766. The summed E-state index contributed by atoms with van der Waals surface area (Å²) in [5.74, 6) is 0.592. The second-order valence-electron chi connectivity index (χ2n) is 6.32. The number of urea groups is 1. The highest BCUT2D eigenvalue weighted by molar-refractivity contribution is 5.99. The van der Waals surface area contributed by atoms with Gasteiger partial charge in [0.15, 0.2) is 0 Å². The Morgan fingerprint density at radius 3 is 2.60 bits per heavy atom. The van der Waals surface area contributed by atoms with Crippen molar-refractivity contribution in [2.75, 3.05) is 12.4 Å². The third-order valence-corrected chi connectivity index (χ3v) is 4.59. The minimum Gasteiger partial charge on any atom is -0.467 e. The summed E-state index contributed by atoms with van der Waals surface area (Å²) in [6.07, 6.45) is 3.61. The van der Waals surface area contributed by atoms with E-state index in [9.17, 15) is 9.59 Å². The van der Waals surface area contributed by atoms with E-state index in [0.717, 1.165) is 24.2 Å². The van der Waals surface area contributed by atoms with Crippen LogP contribution in [0.2, 0.25) is 0 Å². The van der Waals surface area contributed by atoms with Crippen LogP contribution in [0.5, 0.6) is 0 Å². The third-order valence-electron chi connectivity index (χ3n) is 4.59. The second-order valence-corrected chi connectivity index (χ2v) is 6.32. The van der Waals surface area contributed by atoms with E-state index in [1.807, 2.05) is 36.9 Å². The van der Waals surface area contributed by atoms with Crippen molar-refractivity contribution in [3.05, 3.63) is 53.5 Å². The van der Waals surface area contributed by atoms with Crippen molar-refractivity contribution >= 4 is 17.6 Å². The highest BCUT2D eigenvalue weighted by Crippen LogP contribution is 2.35. The fourth-order valence-electron chi connectivity index (χ4n) is 3.01. The first-order chi connectivity index (χ1) is 12.0. The molecule has 1 heterocycles. The van der Waals surface area contributed by atoms with E-state index in [1.165, 1.54) is 0 Å². The summed E-state index contributed by atoms with van der Waals surface area (Å²) in [6.45, 7) is 3.79. The summed E-state index contributed by atoms with van der Waals surface area (Å²) in [4.78, 5) is 26.7. The molecule has 132 valence electrons. The molecule has 1 aromatic carbocycles. The molecule has 2 N–H and O–H groups in total. The minimum absolute atomic E-state index is 0.148. The van der Waals surface area contributed by atoms with Crippen molar-refractivity contribution in [3.63, 3.8) is 0 Å². The monoisotopic (exact) mass is 341 g/mol. The molecule has 1 aliphatic rings. The van der Waals surface area contributed by atoms with Crippen LogP contribution in [0, 0.1) is 6.92 Å². The van der Waals surface area contributed by atoms with Gasteiger partial charge >= 0.3 is 6.03 Å². The highest BCUT2D eigenvalue weighted by Gasteiger charge is 2.37. The van der Waals surface area contributed by atoms with Crippen molar-refractivity contribution in [1.29, 1.82) is 0 Å². The third kappa shape index (κ3) is 3.52. The van der Waals surface area contributed by atoms with Gasteiger partial charge in [-0.15, -0.1) is 0 Å². The number of hydrogen-bond acceptors (Lipinski definition) is 3. The number of rotatable bonds is 5. The molecule has 1 aromatic heterocycles. The van der Waals surface area contributed by atoms with Crippen LogP contribution in [0.25, 0.3) is 0 Å². The fraction of sp³-hybridized carbons (Fsp3) is 0.368. The van der Waals surface area contributed by atoms with Crippen LogP contribution in [0.3, 0.4) is 0 Å². The molecule has 3 amide bonds. The van der Waals surface area contributed by atoms with Crippen molar-refractivity contribution < 1.29 is 14.0 Å². The summed E-state index contributed by atoms with van der Waals surface area (Å²) >= 11 is 0. The smallest absolute Gasteiger partial charge is 0.322 e. The van der Waals surface area contributed by atoms with Crippen LogP contribution in [-0.2, 0) is 0 Å². The van der Waals surface area contributed by atoms with Gasteiger partial charge in [0, 0.05) is 24.3 Å². The molecule has 1 atom stereocenters. The largest absolute Gasteiger partial charge is 0.467 e. The molecule has 2 aromatic rings. The minimum atomic E-state index is -0.177. The van der Waals surface area contributed by atoms with Gasteiger partial charge in [0.2, 0.25) is 0 Å². The molecule has 25 heavy (non-hydrogen) atoms. The van der Waals surface area contributed by atoms with Gasteiger partial charge in [0.1, 0.15) is 5.76 Å². The molecule has 1 fully saturated rings. The zero-order chi connectivity index (χ0) is 18.0. The van der Waals surface area contributed by atoms with Gasteiger partial charge in [-0.3, -0.25) is 4.79 Å². The zero-order valence-corrected chi connectivity index (χ0v) is 14.7. The van der Waals surface area contributed by atoms with Gasteiger partial charge in [-0.05, 0) is 56.5 Å². The highest BCUT2D eigenvalue weighted by atomic mass is 16.3. The summed E-state index contributed by atoms with van der Waals surface area (Å²) in [6, 6.07) is 8.92. The molecular formula is C19H23N3O3. The number of carbonyl (C=O) groups is 2. The number of nitrogens with one attached hydrogen (secondary N) is 2. The molecule has 6 nitrogen and oxygen atoms in total. The SMILES string of the molecule is CNC(=O)c1cccc(NC(=O)N(C2CC2)[C@H](C)c2ccco2)c1C. The Morgan fingerprint density at radius 2 is 2.00 bits per heavy atom. The van der Waals surface area contributed by atoms with E-state index in [1.54, 1.807) is 25.4 Å². The van der Waals surface area contributed by atoms with Crippen LogP contribution in [0.4, 0.5) is 10.5 Å². The van der Waals surface area contributed by atoms with Gasteiger partial charge in [0.25, 0.3) is 5.91 Å². The number of nitrogens with zero attached hydrogens (tertiary/aromatic N) is 1. The molecule has 6 heteroatoms. The summed E-state index contributed by atoms with van der Waals surface area (Å²) in [5.41, 5.74) is 1.94. The van der Waals surface area contributed by atoms with Crippen molar-refractivity contribution in [3.8, 4) is 0 Å². The maximum atomic E-state index is 12.9. The number of amides is 3. The molecule has 0 spiro atoms. The molecule has 0 radical (unpaired) electrons. The first kappa shape index (κ1) is 17.1. The predicted octanol–water partition coefficient (Wildman–Crippen LogP) is 3.71. The Balaban J connectivity index is 1.82. The van der Waals surface area contributed by atoms with Gasteiger partial charge in [-0.25, -0.2) is 4.79 Å². The molecule has 0 unspecified atom stereocenters. The molecule has 0 aliphatic heterocycles. The Hall–Kier alpha value is -2.76. The van der Waals surface area contributed by atoms with E-state index in [2.05, 4.69) is 10.6 Å². The van der Waals surface area contributed by atoms with Crippen LogP contribution < -0.4 is 10.6 Å². The van der Waals surface area contributed by atoms with Crippen LogP contribution in [-0.4, -0.2) is 29.9 Å². The Morgan fingerprint density at radius 1 is 1.24 bits per heavy atom. The lowest BCUT2D eigenvalue weighted by Crippen LogP contribution is -2.38. The first-order valence-corrected chi connectivity index (χ1v) is 8.47. The number of furan rings is 1. The molecule has 1 saturated carbocycles. The normalized spacial score (nSPS) is 14.7. The summed E-state index contributed by atoms with van der Waals surface area (Å²) < 4.78 is 5.47. The first-order valence-electron chi connectivity index (χ1n) is 8.47. The average molecular weight is 341 g/mol. The lowest BCUT2D eigenvalue weighted by molar-refractivity contribution is 0.0962. The Kier molecular flexibility index (Phi) is 4.79. The van der Waals surface area contributed by atoms with Gasteiger partial charge in [-0.2, -0.15) is 0 Å². The zero-order valence-electron chi connectivity index (χ0n) is 14.7. The van der Waals surface area contributed by atoms with Crippen molar-refractivity contribution in [2.45, 2.75) is 38.8 Å². The Labute approximate surface area is 147 Å². The second kappa shape index (κ2) is 7.01. The molecule has 1 aliphatic carbocycles. The summed E-state index contributed by atoms with van der Waals surface area (Å²) in [7, 11) is 1.59. The number of carbonyl (C=O) groups excluding carboxylic acids is 2. The van der Waals surface area contributed by atoms with E-state index >= 15 is 0 Å².